The molecule has 0 N–H and O–H groups in total. The molecule has 8 nitrogen and oxygen atoms in total. The van der Waals surface area contributed by atoms with Crippen LogP contribution in [0.5, 0.6) is 0 Å². The highest BCUT2D eigenvalue weighted by atomic mass is 32.2. The van der Waals surface area contributed by atoms with E-state index in [-0.39, 0.29) is 5.91 Å². The molecular weight excluding hydrogens is 378 g/mol. The van der Waals surface area contributed by atoms with Crippen LogP contribution in [0, 0.1) is 0 Å². The Balaban J connectivity index is 1.64. The molecule has 1 aliphatic heterocycles. The van der Waals surface area contributed by atoms with Gasteiger partial charge in [0, 0.05) is 12.1 Å². The largest absolute Gasteiger partial charge is 0.463 e. The Hall–Kier alpha value is -2.68. The molecule has 1 aromatic heterocycles. The van der Waals surface area contributed by atoms with Gasteiger partial charge in [0.15, 0.2) is 0 Å². The number of rotatable bonds is 7. The lowest BCUT2D eigenvalue weighted by atomic mass is 10.0. The first-order chi connectivity index (χ1) is 13.5. The third-order valence-corrected chi connectivity index (χ3v) is 5.28. The second-order valence-corrected chi connectivity index (χ2v) is 7.55. The molecule has 1 aromatic carbocycles. The van der Waals surface area contributed by atoms with Crippen molar-refractivity contribution in [1.82, 2.24) is 25.1 Å². The molecule has 0 radical (unpaired) electrons. The number of hydrogen-bond acceptors (Lipinski definition) is 7. The van der Waals surface area contributed by atoms with Crippen LogP contribution >= 0.6 is 11.8 Å². The van der Waals surface area contributed by atoms with Crippen LogP contribution in [-0.4, -0.2) is 55.9 Å². The Labute approximate surface area is 167 Å². The number of thioether (sulfide) groups is 1. The molecule has 3 rings (SSSR count). The van der Waals surface area contributed by atoms with Gasteiger partial charge in [-0.1, -0.05) is 49.9 Å². The van der Waals surface area contributed by atoms with Crippen molar-refractivity contribution < 1.29 is 14.3 Å². The predicted octanol–water partition coefficient (Wildman–Crippen LogP) is 2.44. The van der Waals surface area contributed by atoms with Gasteiger partial charge in [-0.15, -0.1) is 10.2 Å². The lowest BCUT2D eigenvalue weighted by Crippen LogP contribution is -2.29. The van der Waals surface area contributed by atoms with Crippen molar-refractivity contribution >= 4 is 23.6 Å². The predicted molar refractivity (Wildman–Crippen MR) is 106 cm³/mol. The van der Waals surface area contributed by atoms with Gasteiger partial charge in [-0.3, -0.25) is 4.79 Å². The van der Waals surface area contributed by atoms with Gasteiger partial charge in [-0.25, -0.2) is 4.79 Å². The third kappa shape index (κ3) is 4.78. The summed E-state index contributed by atoms with van der Waals surface area (Å²) in [4.78, 5) is 26.8. The van der Waals surface area contributed by atoms with Gasteiger partial charge in [0.25, 0.3) is 0 Å². The number of benzene rings is 1. The number of amides is 1. The van der Waals surface area contributed by atoms with Crippen molar-refractivity contribution in [1.29, 1.82) is 0 Å². The van der Waals surface area contributed by atoms with Crippen LogP contribution in [-0.2, 0) is 20.9 Å². The fourth-order valence-electron chi connectivity index (χ4n) is 2.71. The molecule has 0 aliphatic carbocycles. The van der Waals surface area contributed by atoms with Gasteiger partial charge < -0.3 is 9.64 Å². The van der Waals surface area contributed by atoms with Crippen LogP contribution in [0.2, 0.25) is 0 Å². The summed E-state index contributed by atoms with van der Waals surface area (Å²) in [5, 5.41) is 13.2. The first kappa shape index (κ1) is 20.1. The van der Waals surface area contributed by atoms with E-state index in [1.54, 1.807) is 11.8 Å². The van der Waals surface area contributed by atoms with E-state index < -0.39 is 5.97 Å². The lowest BCUT2D eigenvalue weighted by molar-refractivity contribution is -0.137. The number of esters is 1. The van der Waals surface area contributed by atoms with E-state index in [4.69, 9.17) is 4.74 Å². The highest BCUT2D eigenvalue weighted by Gasteiger charge is 2.27. The maximum absolute atomic E-state index is 12.1. The van der Waals surface area contributed by atoms with Gasteiger partial charge in [-0.05, 0) is 23.6 Å². The van der Waals surface area contributed by atoms with E-state index in [1.165, 1.54) is 28.2 Å². The standard InChI is InChI=1S/C19H23N5O3S/c1-4-27-18(26)11-17-23(16(25)12-28-17)9-10-24-21-19(20-22-24)15-7-5-14(6-8-15)13(2)3/h5-8,11,13H,4,9-10,12H2,1-3H3/b17-11-. The van der Waals surface area contributed by atoms with Gasteiger partial charge >= 0.3 is 5.97 Å². The molecule has 2 heterocycles. The van der Waals surface area contributed by atoms with E-state index in [1.807, 2.05) is 12.1 Å². The maximum atomic E-state index is 12.1. The molecule has 1 fully saturated rings. The fourth-order valence-corrected chi connectivity index (χ4v) is 3.67. The van der Waals surface area contributed by atoms with Gasteiger partial charge in [-0.2, -0.15) is 4.80 Å². The Morgan fingerprint density at radius 1 is 1.29 bits per heavy atom. The Bertz CT molecular complexity index is 876. The van der Waals surface area contributed by atoms with Crippen molar-refractivity contribution in [2.24, 2.45) is 0 Å². The summed E-state index contributed by atoms with van der Waals surface area (Å²) in [6.07, 6.45) is 1.36. The molecule has 0 spiro atoms. The molecule has 0 saturated carbocycles. The van der Waals surface area contributed by atoms with Crippen LogP contribution in [0.4, 0.5) is 0 Å². The average Bonchev–Trinajstić information content (AvgIpc) is 3.27. The first-order valence-electron chi connectivity index (χ1n) is 9.17. The molecule has 0 atom stereocenters. The summed E-state index contributed by atoms with van der Waals surface area (Å²) < 4.78 is 4.92. The van der Waals surface area contributed by atoms with Crippen molar-refractivity contribution in [2.75, 3.05) is 18.9 Å². The SMILES string of the molecule is CCOC(=O)/C=C1\SCC(=O)N1CCn1nnc(-c2ccc(C(C)C)cc2)n1. The quantitative estimate of drug-likeness (QED) is 0.520. The lowest BCUT2D eigenvalue weighted by Gasteiger charge is -2.16. The molecule has 0 unspecified atom stereocenters. The van der Waals surface area contributed by atoms with Crippen molar-refractivity contribution in [2.45, 2.75) is 33.2 Å². The topological polar surface area (TPSA) is 90.2 Å². The number of carbonyl (C=O) groups is 2. The van der Waals surface area contributed by atoms with Gasteiger partial charge in [0.2, 0.25) is 11.7 Å². The summed E-state index contributed by atoms with van der Waals surface area (Å²) in [7, 11) is 0. The van der Waals surface area contributed by atoms with E-state index in [0.717, 1.165) is 5.56 Å². The molecule has 1 aliphatic rings. The summed E-state index contributed by atoms with van der Waals surface area (Å²) in [6, 6.07) is 8.09. The van der Waals surface area contributed by atoms with Crippen molar-refractivity contribution in [3.8, 4) is 11.4 Å². The zero-order valence-corrected chi connectivity index (χ0v) is 17.0. The Morgan fingerprint density at radius 2 is 2.04 bits per heavy atom. The third-order valence-electron chi connectivity index (χ3n) is 4.25. The first-order valence-corrected chi connectivity index (χ1v) is 10.2. The molecule has 148 valence electrons. The number of tetrazole rings is 1. The molecule has 2 aromatic rings. The molecule has 1 amide bonds. The minimum atomic E-state index is -0.448. The Morgan fingerprint density at radius 3 is 2.71 bits per heavy atom. The number of hydrogen-bond donors (Lipinski definition) is 0. The van der Waals surface area contributed by atoms with Crippen LogP contribution in [0.1, 0.15) is 32.3 Å². The second kappa shape index (κ2) is 9.01. The maximum Gasteiger partial charge on any atom is 0.333 e. The smallest absolute Gasteiger partial charge is 0.333 e. The summed E-state index contributed by atoms with van der Waals surface area (Å²) in [6.45, 7) is 7.07. The number of aromatic nitrogens is 4. The molecule has 9 heteroatoms. The summed E-state index contributed by atoms with van der Waals surface area (Å²) in [5.41, 5.74) is 2.15. The zero-order valence-electron chi connectivity index (χ0n) is 16.2. The monoisotopic (exact) mass is 401 g/mol. The average molecular weight is 401 g/mol. The molecule has 1 saturated heterocycles. The second-order valence-electron chi connectivity index (χ2n) is 6.55. The van der Waals surface area contributed by atoms with Crippen LogP contribution < -0.4 is 0 Å². The highest BCUT2D eigenvalue weighted by molar-refractivity contribution is 8.04. The molecule has 0 bridgehead atoms. The van der Waals surface area contributed by atoms with Crippen LogP contribution in [0.15, 0.2) is 35.4 Å². The number of nitrogens with zero attached hydrogens (tertiary/aromatic N) is 5. The van der Waals surface area contributed by atoms with Crippen LogP contribution in [0.3, 0.4) is 0 Å². The van der Waals surface area contributed by atoms with E-state index in [2.05, 4.69) is 41.4 Å². The fraction of sp³-hybridized carbons (Fsp3) is 0.421. The van der Waals surface area contributed by atoms with E-state index >= 15 is 0 Å². The normalized spacial score (nSPS) is 15.6. The van der Waals surface area contributed by atoms with Crippen molar-refractivity contribution in [3.63, 3.8) is 0 Å². The number of ether oxygens (including phenoxy) is 1. The van der Waals surface area contributed by atoms with E-state index in [9.17, 15) is 9.59 Å². The molecule has 28 heavy (non-hydrogen) atoms. The Kier molecular flexibility index (Phi) is 6.45. The van der Waals surface area contributed by atoms with E-state index in [0.29, 0.717) is 42.2 Å². The zero-order chi connectivity index (χ0) is 20.1. The minimum absolute atomic E-state index is 0.0508. The van der Waals surface area contributed by atoms with Crippen LogP contribution in [0.25, 0.3) is 11.4 Å². The van der Waals surface area contributed by atoms with Gasteiger partial charge in [0.1, 0.15) is 0 Å². The number of carbonyl (C=O) groups excluding carboxylic acids is 2. The summed E-state index contributed by atoms with van der Waals surface area (Å²) in [5.74, 6) is 0.815. The summed E-state index contributed by atoms with van der Waals surface area (Å²) >= 11 is 1.32. The van der Waals surface area contributed by atoms with Crippen molar-refractivity contribution in [3.05, 3.63) is 40.9 Å². The molecular formula is C19H23N5O3S. The highest BCUT2D eigenvalue weighted by Crippen LogP contribution is 2.28. The van der Waals surface area contributed by atoms with Gasteiger partial charge in [0.05, 0.1) is 30.0 Å². The minimum Gasteiger partial charge on any atom is -0.463 e.